The number of halogens is 1. The molecule has 0 bridgehead atoms. The van der Waals surface area contributed by atoms with Crippen molar-refractivity contribution in [2.75, 3.05) is 26.0 Å². The second-order valence-corrected chi connectivity index (χ2v) is 8.75. The van der Waals surface area contributed by atoms with Crippen molar-refractivity contribution in [3.05, 3.63) is 55.9 Å². The Kier molecular flexibility index (Phi) is 9.90. The average molecular weight is 482 g/mol. The zero-order chi connectivity index (χ0) is 21.2. The molecule has 0 aliphatic heterocycles. The molecule has 8 heteroatoms. The predicted molar refractivity (Wildman–Crippen MR) is 121 cm³/mol. The number of carbonyl (C=O) groups excluding carboxylic acids is 1. The smallest absolute Gasteiger partial charge is 0.257 e. The van der Waals surface area contributed by atoms with Crippen LogP contribution in [0.25, 0.3) is 0 Å². The van der Waals surface area contributed by atoms with E-state index in [4.69, 9.17) is 4.74 Å². The van der Waals surface area contributed by atoms with Crippen LogP contribution in [0.3, 0.4) is 0 Å². The van der Waals surface area contributed by atoms with Gasteiger partial charge in [-0.15, -0.1) is 0 Å². The van der Waals surface area contributed by atoms with Gasteiger partial charge in [0.1, 0.15) is 0 Å². The Labute approximate surface area is 184 Å². The molecule has 2 rings (SSSR count). The Morgan fingerprint density at radius 2 is 2.00 bits per heavy atom. The lowest BCUT2D eigenvalue weighted by Crippen LogP contribution is -2.26. The quantitative estimate of drug-likeness (QED) is 0.302. The van der Waals surface area contributed by atoms with Gasteiger partial charge in [0, 0.05) is 61.6 Å². The first kappa shape index (κ1) is 23.6. The number of nitrogens with one attached hydrogen (secondary N) is 1. The van der Waals surface area contributed by atoms with Crippen LogP contribution in [0.15, 0.2) is 38.7 Å². The van der Waals surface area contributed by atoms with Crippen molar-refractivity contribution in [3.63, 3.8) is 0 Å². The van der Waals surface area contributed by atoms with Gasteiger partial charge in [-0.2, -0.15) is 0 Å². The summed E-state index contributed by atoms with van der Waals surface area (Å²) in [4.78, 5) is 29.3. The van der Waals surface area contributed by atoms with Crippen LogP contribution in [0, 0.1) is 6.92 Å². The summed E-state index contributed by atoms with van der Waals surface area (Å²) >= 11 is 4.94. The molecular weight excluding hydrogens is 454 g/mol. The maximum atomic E-state index is 12.8. The number of aryl methyl sites for hydroxylation is 1. The van der Waals surface area contributed by atoms with Gasteiger partial charge in [-0.3, -0.25) is 14.2 Å². The number of aromatic nitrogens is 2. The number of benzene rings is 1. The molecule has 0 unspecified atom stereocenters. The number of hydrogen-bond donors (Lipinski definition) is 1. The van der Waals surface area contributed by atoms with Gasteiger partial charge >= 0.3 is 0 Å². The van der Waals surface area contributed by atoms with E-state index in [9.17, 15) is 9.59 Å². The summed E-state index contributed by atoms with van der Waals surface area (Å²) < 4.78 is 7.58. The van der Waals surface area contributed by atoms with Crippen molar-refractivity contribution in [3.8, 4) is 0 Å². The molecule has 0 atom stereocenters. The maximum absolute atomic E-state index is 12.8. The molecule has 1 aromatic carbocycles. The zero-order valence-electron chi connectivity index (χ0n) is 17.2. The van der Waals surface area contributed by atoms with Crippen molar-refractivity contribution in [2.45, 2.75) is 37.8 Å². The highest BCUT2D eigenvalue weighted by Crippen LogP contribution is 2.19. The van der Waals surface area contributed by atoms with Gasteiger partial charge in [0.25, 0.3) is 5.56 Å². The Hall–Kier alpha value is -1.64. The summed E-state index contributed by atoms with van der Waals surface area (Å²) in [7, 11) is 3.40. The van der Waals surface area contributed by atoms with E-state index in [0.717, 1.165) is 39.9 Å². The van der Waals surface area contributed by atoms with E-state index in [1.54, 1.807) is 18.7 Å². The second kappa shape index (κ2) is 12.1. The molecule has 29 heavy (non-hydrogen) atoms. The lowest BCUT2D eigenvalue weighted by Gasteiger charge is -2.12. The third-order valence-electron chi connectivity index (χ3n) is 4.47. The number of nitrogens with zero attached hydrogens (tertiary/aromatic N) is 2. The summed E-state index contributed by atoms with van der Waals surface area (Å²) in [6.07, 6.45) is 2.58. The third-order valence-corrected chi connectivity index (χ3v) is 6.12. The van der Waals surface area contributed by atoms with Gasteiger partial charge in [-0.1, -0.05) is 39.8 Å². The van der Waals surface area contributed by atoms with Crippen molar-refractivity contribution in [1.82, 2.24) is 14.9 Å². The van der Waals surface area contributed by atoms with Crippen LogP contribution in [0.2, 0.25) is 0 Å². The zero-order valence-corrected chi connectivity index (χ0v) is 19.6. The van der Waals surface area contributed by atoms with Crippen molar-refractivity contribution in [2.24, 2.45) is 7.05 Å². The largest absolute Gasteiger partial charge is 0.385 e. The van der Waals surface area contributed by atoms with E-state index < -0.39 is 0 Å². The summed E-state index contributed by atoms with van der Waals surface area (Å²) in [5, 5.41) is 3.57. The Morgan fingerprint density at radius 3 is 2.69 bits per heavy atom. The van der Waals surface area contributed by atoms with Gasteiger partial charge in [0.2, 0.25) is 5.91 Å². The SMILES string of the molecule is COCCCNC(=O)CCCSc1nc(C)c(Cc2ccc(Br)cc2)c(=O)n1C. The van der Waals surface area contributed by atoms with Gasteiger partial charge in [0.05, 0.1) is 0 Å². The lowest BCUT2D eigenvalue weighted by atomic mass is 10.1. The van der Waals surface area contributed by atoms with Gasteiger partial charge in [-0.25, -0.2) is 4.98 Å². The number of amides is 1. The Balaban J connectivity index is 1.89. The molecule has 6 nitrogen and oxygen atoms in total. The summed E-state index contributed by atoms with van der Waals surface area (Å²) in [5.74, 6) is 0.779. The van der Waals surface area contributed by atoms with Crippen LogP contribution in [-0.2, 0) is 23.0 Å². The first-order chi connectivity index (χ1) is 13.9. The van der Waals surface area contributed by atoms with Crippen LogP contribution in [0.4, 0.5) is 0 Å². The fourth-order valence-electron chi connectivity index (χ4n) is 2.80. The lowest BCUT2D eigenvalue weighted by molar-refractivity contribution is -0.121. The van der Waals surface area contributed by atoms with Gasteiger partial charge < -0.3 is 10.1 Å². The molecule has 0 aliphatic carbocycles. The van der Waals surface area contributed by atoms with Crippen LogP contribution in [0.1, 0.15) is 36.1 Å². The average Bonchev–Trinajstić information content (AvgIpc) is 2.71. The Bertz CT molecular complexity index is 869. The normalized spacial score (nSPS) is 10.9. The minimum Gasteiger partial charge on any atom is -0.385 e. The van der Waals surface area contributed by atoms with Crippen molar-refractivity contribution < 1.29 is 9.53 Å². The van der Waals surface area contributed by atoms with E-state index in [1.165, 1.54) is 11.8 Å². The maximum Gasteiger partial charge on any atom is 0.257 e. The van der Waals surface area contributed by atoms with E-state index >= 15 is 0 Å². The van der Waals surface area contributed by atoms with E-state index in [-0.39, 0.29) is 11.5 Å². The molecule has 1 heterocycles. The number of methoxy groups -OCH3 is 1. The molecule has 0 radical (unpaired) electrons. The molecule has 0 spiro atoms. The summed E-state index contributed by atoms with van der Waals surface area (Å²) in [6, 6.07) is 7.96. The predicted octanol–water partition coefficient (Wildman–Crippen LogP) is 3.47. The van der Waals surface area contributed by atoms with Crippen LogP contribution >= 0.6 is 27.7 Å². The summed E-state index contributed by atoms with van der Waals surface area (Å²) in [5.41, 5.74) is 2.54. The van der Waals surface area contributed by atoms with Crippen LogP contribution in [0.5, 0.6) is 0 Å². The molecule has 1 aromatic heterocycles. The molecule has 0 fully saturated rings. The highest BCUT2D eigenvalue weighted by atomic mass is 79.9. The van der Waals surface area contributed by atoms with E-state index in [1.807, 2.05) is 31.2 Å². The second-order valence-electron chi connectivity index (χ2n) is 6.77. The van der Waals surface area contributed by atoms with E-state index in [2.05, 4.69) is 26.2 Å². The molecule has 0 saturated carbocycles. The molecule has 158 valence electrons. The fraction of sp³-hybridized carbons (Fsp3) is 0.476. The number of carbonyl (C=O) groups is 1. The van der Waals surface area contributed by atoms with Crippen molar-refractivity contribution >= 4 is 33.6 Å². The minimum absolute atomic E-state index is 0.0150. The number of thioether (sulfide) groups is 1. The molecule has 0 saturated heterocycles. The molecule has 0 aliphatic rings. The molecular formula is C21H28BrN3O3S. The summed E-state index contributed by atoms with van der Waals surface area (Å²) in [6.45, 7) is 3.16. The topological polar surface area (TPSA) is 73.2 Å². The van der Waals surface area contributed by atoms with Crippen LogP contribution in [-0.4, -0.2) is 41.5 Å². The van der Waals surface area contributed by atoms with Crippen LogP contribution < -0.4 is 10.9 Å². The van der Waals surface area contributed by atoms with Crippen molar-refractivity contribution in [1.29, 1.82) is 0 Å². The highest BCUT2D eigenvalue weighted by Gasteiger charge is 2.13. The number of ether oxygens (including phenoxy) is 1. The Morgan fingerprint density at radius 1 is 1.28 bits per heavy atom. The molecule has 2 aromatic rings. The number of rotatable bonds is 11. The number of hydrogen-bond acceptors (Lipinski definition) is 5. The molecule has 1 amide bonds. The third kappa shape index (κ3) is 7.60. The standard InChI is InChI=1S/C21H28BrN3O3S/c1-15-18(14-16-7-9-17(22)10-8-16)20(27)25(2)21(24-15)29-13-4-6-19(26)23-11-5-12-28-3/h7-10H,4-6,11-14H2,1-3H3,(H,23,26). The van der Waals surface area contributed by atoms with Gasteiger partial charge in [-0.05, 0) is 37.5 Å². The molecule has 1 N–H and O–H groups in total. The van der Waals surface area contributed by atoms with E-state index in [0.29, 0.717) is 31.1 Å². The monoisotopic (exact) mass is 481 g/mol. The van der Waals surface area contributed by atoms with Gasteiger partial charge in [0.15, 0.2) is 5.16 Å². The first-order valence-electron chi connectivity index (χ1n) is 9.61. The minimum atomic E-state index is -0.0150. The highest BCUT2D eigenvalue weighted by molar-refractivity contribution is 9.10. The first-order valence-corrected chi connectivity index (χ1v) is 11.4. The fourth-order valence-corrected chi connectivity index (χ4v) is 4.01.